The number of nitrogens with zero attached hydrogens (tertiary/aromatic N) is 1. The minimum absolute atomic E-state index is 0.137. The van der Waals surface area contributed by atoms with E-state index in [0.29, 0.717) is 13.1 Å². The Balaban J connectivity index is 1.80. The summed E-state index contributed by atoms with van der Waals surface area (Å²) in [7, 11) is 0.771. The summed E-state index contributed by atoms with van der Waals surface area (Å²) in [6, 6.07) is 7.24. The SMILES string of the molecule is CN(CC1CCCC1O)C(=O)NCc1ccc(S(C)=O)cc1. The molecule has 1 aromatic rings. The van der Waals surface area contributed by atoms with Crippen molar-refractivity contribution in [2.24, 2.45) is 5.92 Å². The van der Waals surface area contributed by atoms with Crippen molar-refractivity contribution in [2.75, 3.05) is 19.8 Å². The fourth-order valence-electron chi connectivity index (χ4n) is 2.78. The van der Waals surface area contributed by atoms with Gasteiger partial charge in [-0.2, -0.15) is 0 Å². The van der Waals surface area contributed by atoms with Crippen LogP contribution in [-0.2, 0) is 17.3 Å². The summed E-state index contributed by atoms with van der Waals surface area (Å²) in [5.41, 5.74) is 0.969. The Bertz CT molecular complexity index is 533. The van der Waals surface area contributed by atoms with Crippen LogP contribution in [-0.4, -0.2) is 46.2 Å². The molecule has 6 heteroatoms. The molecule has 1 aliphatic rings. The second-order valence-electron chi connectivity index (χ2n) is 5.90. The Morgan fingerprint density at radius 3 is 2.59 bits per heavy atom. The predicted octanol–water partition coefficient (Wildman–Crippen LogP) is 1.73. The summed E-state index contributed by atoms with van der Waals surface area (Å²) in [6.45, 7) is 1.02. The number of aliphatic hydroxyl groups excluding tert-OH is 1. The molecule has 2 amide bonds. The first-order chi connectivity index (χ1) is 10.5. The van der Waals surface area contributed by atoms with Gasteiger partial charge in [-0.05, 0) is 30.5 Å². The first-order valence-corrected chi connectivity index (χ1v) is 9.12. The molecule has 0 saturated heterocycles. The summed E-state index contributed by atoms with van der Waals surface area (Å²) in [4.78, 5) is 14.5. The molecule has 0 radical (unpaired) electrons. The van der Waals surface area contributed by atoms with Gasteiger partial charge < -0.3 is 15.3 Å². The van der Waals surface area contributed by atoms with Gasteiger partial charge in [-0.1, -0.05) is 18.6 Å². The van der Waals surface area contributed by atoms with Gasteiger partial charge in [0, 0.05) is 48.0 Å². The minimum atomic E-state index is -0.983. The maximum atomic E-state index is 12.1. The number of rotatable bonds is 5. The second-order valence-corrected chi connectivity index (χ2v) is 7.28. The number of carbonyl (C=O) groups excluding carboxylic acids is 1. The highest BCUT2D eigenvalue weighted by Gasteiger charge is 2.27. The number of carbonyl (C=O) groups is 1. The molecule has 122 valence electrons. The van der Waals surface area contributed by atoms with E-state index in [1.807, 2.05) is 24.3 Å². The van der Waals surface area contributed by atoms with E-state index in [1.54, 1.807) is 18.2 Å². The molecule has 3 atom stereocenters. The van der Waals surface area contributed by atoms with Crippen LogP contribution in [0.25, 0.3) is 0 Å². The Morgan fingerprint density at radius 1 is 1.36 bits per heavy atom. The fraction of sp³-hybridized carbons (Fsp3) is 0.562. The third kappa shape index (κ3) is 4.55. The molecule has 2 rings (SSSR count). The first kappa shape index (κ1) is 17.0. The molecular weight excluding hydrogens is 300 g/mol. The molecule has 3 unspecified atom stereocenters. The van der Waals surface area contributed by atoms with E-state index < -0.39 is 10.8 Å². The van der Waals surface area contributed by atoms with Crippen molar-refractivity contribution in [2.45, 2.75) is 36.8 Å². The predicted molar refractivity (Wildman–Crippen MR) is 87.0 cm³/mol. The Kier molecular flexibility index (Phi) is 5.97. The van der Waals surface area contributed by atoms with Crippen molar-refractivity contribution in [1.82, 2.24) is 10.2 Å². The maximum Gasteiger partial charge on any atom is 0.317 e. The minimum Gasteiger partial charge on any atom is -0.393 e. The van der Waals surface area contributed by atoms with Gasteiger partial charge in [0.05, 0.1) is 6.10 Å². The molecule has 22 heavy (non-hydrogen) atoms. The van der Waals surface area contributed by atoms with Crippen molar-refractivity contribution in [3.05, 3.63) is 29.8 Å². The Morgan fingerprint density at radius 2 is 2.05 bits per heavy atom. The van der Waals surface area contributed by atoms with Crippen LogP contribution in [0.1, 0.15) is 24.8 Å². The topological polar surface area (TPSA) is 69.6 Å². The number of hydrogen-bond donors (Lipinski definition) is 2. The third-order valence-corrected chi connectivity index (χ3v) is 5.11. The maximum absolute atomic E-state index is 12.1. The molecule has 0 aromatic heterocycles. The van der Waals surface area contributed by atoms with Crippen LogP contribution in [0, 0.1) is 5.92 Å². The van der Waals surface area contributed by atoms with Crippen LogP contribution in [0.3, 0.4) is 0 Å². The van der Waals surface area contributed by atoms with Crippen molar-refractivity contribution in [1.29, 1.82) is 0 Å². The van der Waals surface area contributed by atoms with E-state index in [-0.39, 0.29) is 18.1 Å². The van der Waals surface area contributed by atoms with Crippen LogP contribution >= 0.6 is 0 Å². The third-order valence-electron chi connectivity index (χ3n) is 4.17. The zero-order valence-electron chi connectivity index (χ0n) is 13.1. The summed E-state index contributed by atoms with van der Waals surface area (Å²) in [5, 5.41) is 12.7. The van der Waals surface area contributed by atoms with E-state index in [9.17, 15) is 14.1 Å². The van der Waals surface area contributed by atoms with E-state index in [4.69, 9.17) is 0 Å². The second kappa shape index (κ2) is 7.74. The zero-order valence-corrected chi connectivity index (χ0v) is 13.9. The van der Waals surface area contributed by atoms with Crippen LogP contribution in [0.5, 0.6) is 0 Å². The van der Waals surface area contributed by atoms with Gasteiger partial charge >= 0.3 is 6.03 Å². The normalized spacial score (nSPS) is 22.3. The van der Waals surface area contributed by atoms with Crippen LogP contribution in [0.15, 0.2) is 29.2 Å². The highest BCUT2D eigenvalue weighted by atomic mass is 32.2. The first-order valence-electron chi connectivity index (χ1n) is 7.56. The lowest BCUT2D eigenvalue weighted by atomic mass is 10.1. The van der Waals surface area contributed by atoms with Crippen molar-refractivity contribution < 1.29 is 14.1 Å². The van der Waals surface area contributed by atoms with Gasteiger partial charge in [-0.15, -0.1) is 0 Å². The molecule has 5 nitrogen and oxygen atoms in total. The molecule has 1 aliphatic carbocycles. The average molecular weight is 324 g/mol. The number of urea groups is 1. The molecule has 0 heterocycles. The molecule has 1 fully saturated rings. The number of aliphatic hydroxyl groups is 1. The smallest absolute Gasteiger partial charge is 0.317 e. The molecule has 0 aliphatic heterocycles. The van der Waals surface area contributed by atoms with Gasteiger partial charge in [0.25, 0.3) is 0 Å². The van der Waals surface area contributed by atoms with Gasteiger partial charge in [-0.25, -0.2) is 4.79 Å². The van der Waals surface area contributed by atoms with Crippen LogP contribution in [0.2, 0.25) is 0 Å². The number of hydrogen-bond acceptors (Lipinski definition) is 3. The standard InChI is InChI=1S/C16H24N2O3S/c1-18(11-13-4-3-5-15(13)19)16(20)17-10-12-6-8-14(9-7-12)22(2)21/h6-9,13,15,19H,3-5,10-11H2,1-2H3,(H,17,20). The Hall–Kier alpha value is -1.40. The van der Waals surface area contributed by atoms with E-state index >= 15 is 0 Å². The molecule has 0 bridgehead atoms. The van der Waals surface area contributed by atoms with Gasteiger partial charge in [0.15, 0.2) is 0 Å². The molecule has 2 N–H and O–H groups in total. The van der Waals surface area contributed by atoms with E-state index in [1.165, 1.54) is 0 Å². The van der Waals surface area contributed by atoms with Gasteiger partial charge in [-0.3, -0.25) is 4.21 Å². The van der Waals surface area contributed by atoms with Crippen molar-refractivity contribution in [3.8, 4) is 0 Å². The summed E-state index contributed by atoms with van der Waals surface area (Å²) < 4.78 is 11.3. The lowest BCUT2D eigenvalue weighted by Gasteiger charge is -2.23. The average Bonchev–Trinajstić information content (AvgIpc) is 2.90. The zero-order chi connectivity index (χ0) is 16.1. The largest absolute Gasteiger partial charge is 0.393 e. The molecule has 1 aromatic carbocycles. The number of nitrogens with one attached hydrogen (secondary N) is 1. The van der Waals surface area contributed by atoms with Gasteiger partial charge in [0.1, 0.15) is 0 Å². The Labute approximate surface area is 134 Å². The highest BCUT2D eigenvalue weighted by molar-refractivity contribution is 7.84. The lowest BCUT2D eigenvalue weighted by Crippen LogP contribution is -2.40. The van der Waals surface area contributed by atoms with Crippen molar-refractivity contribution in [3.63, 3.8) is 0 Å². The fourth-order valence-corrected chi connectivity index (χ4v) is 3.30. The number of amides is 2. The summed E-state index contributed by atoms with van der Waals surface area (Å²) >= 11 is 0. The van der Waals surface area contributed by atoms with Crippen LogP contribution < -0.4 is 5.32 Å². The summed E-state index contributed by atoms with van der Waals surface area (Å²) in [5.74, 6) is 0.189. The lowest BCUT2D eigenvalue weighted by molar-refractivity contribution is 0.114. The molecule has 0 spiro atoms. The van der Waals surface area contributed by atoms with E-state index in [2.05, 4.69) is 5.32 Å². The quantitative estimate of drug-likeness (QED) is 0.866. The monoisotopic (exact) mass is 324 g/mol. The van der Waals surface area contributed by atoms with Gasteiger partial charge in [0.2, 0.25) is 0 Å². The highest BCUT2D eigenvalue weighted by Crippen LogP contribution is 2.25. The van der Waals surface area contributed by atoms with E-state index in [0.717, 1.165) is 29.7 Å². The molecule has 1 saturated carbocycles. The van der Waals surface area contributed by atoms with Crippen LogP contribution in [0.4, 0.5) is 4.79 Å². The summed E-state index contributed by atoms with van der Waals surface area (Å²) in [6.07, 6.45) is 4.22. The van der Waals surface area contributed by atoms with Crippen molar-refractivity contribution >= 4 is 16.8 Å². The molecular formula is C16H24N2O3S. The number of benzene rings is 1.